The molecule has 4 aromatic carbocycles. The molecule has 0 bridgehead atoms. The molecule has 0 aliphatic heterocycles. The first-order valence-corrected chi connectivity index (χ1v) is 14.2. The number of anilines is 1. The molecule has 0 fully saturated rings. The summed E-state index contributed by atoms with van der Waals surface area (Å²) in [7, 11) is -2.75. The first kappa shape index (κ1) is 28.9. The van der Waals surface area contributed by atoms with Gasteiger partial charge in [0.15, 0.2) is 0 Å². The van der Waals surface area contributed by atoms with Crippen LogP contribution in [0.3, 0.4) is 0 Å². The number of nitrogens with zero attached hydrogens (tertiary/aromatic N) is 2. The van der Waals surface area contributed by atoms with Gasteiger partial charge in [-0.1, -0.05) is 53.5 Å². The number of hydrazone groups is 1. The molecule has 40 heavy (non-hydrogen) atoms. The van der Waals surface area contributed by atoms with Crippen LogP contribution in [-0.2, 0) is 21.4 Å². The number of rotatable bonds is 11. The van der Waals surface area contributed by atoms with Crippen molar-refractivity contribution in [3.63, 3.8) is 0 Å². The van der Waals surface area contributed by atoms with E-state index < -0.39 is 22.5 Å². The molecule has 0 unspecified atom stereocenters. The van der Waals surface area contributed by atoms with Crippen molar-refractivity contribution in [2.45, 2.75) is 11.5 Å². The first-order valence-electron chi connectivity index (χ1n) is 12.0. The molecule has 0 heterocycles. The summed E-state index contributed by atoms with van der Waals surface area (Å²) in [5.74, 6) is 0.218. The average Bonchev–Trinajstić information content (AvgIpc) is 2.96. The Bertz CT molecular complexity index is 1600. The molecule has 1 N–H and O–H groups in total. The van der Waals surface area contributed by atoms with Gasteiger partial charge in [-0.15, -0.1) is 0 Å². The molecular weight excluding hydrogens is 573 g/mol. The highest BCUT2D eigenvalue weighted by molar-refractivity contribution is 7.92. The quantitative estimate of drug-likeness (QED) is 0.171. The highest BCUT2D eigenvalue weighted by atomic mass is 35.5. The van der Waals surface area contributed by atoms with Crippen molar-refractivity contribution in [3.05, 3.63) is 118 Å². The number of hydrogen-bond donors (Lipinski definition) is 1. The van der Waals surface area contributed by atoms with Gasteiger partial charge in [0.2, 0.25) is 0 Å². The molecule has 0 aliphatic rings. The fourth-order valence-electron chi connectivity index (χ4n) is 3.67. The minimum atomic E-state index is -4.15. The predicted octanol–water partition coefficient (Wildman–Crippen LogP) is 5.93. The van der Waals surface area contributed by atoms with E-state index in [0.717, 1.165) is 9.87 Å². The monoisotopic (exact) mass is 597 g/mol. The van der Waals surface area contributed by atoms with Crippen LogP contribution >= 0.6 is 23.2 Å². The van der Waals surface area contributed by atoms with E-state index in [9.17, 15) is 13.2 Å². The summed E-state index contributed by atoms with van der Waals surface area (Å²) in [5.41, 5.74) is 4.14. The molecule has 206 valence electrons. The third-order valence-electron chi connectivity index (χ3n) is 5.61. The van der Waals surface area contributed by atoms with Gasteiger partial charge in [0.1, 0.15) is 24.7 Å². The Labute approximate surface area is 242 Å². The Balaban J connectivity index is 1.44. The van der Waals surface area contributed by atoms with Crippen LogP contribution in [0.25, 0.3) is 0 Å². The van der Waals surface area contributed by atoms with Crippen LogP contribution in [0.1, 0.15) is 11.1 Å². The minimum absolute atomic E-state index is 0.00556. The maximum absolute atomic E-state index is 13.5. The lowest BCUT2D eigenvalue weighted by Gasteiger charge is -2.25. The number of methoxy groups -OCH3 is 1. The molecule has 0 atom stereocenters. The van der Waals surface area contributed by atoms with Crippen molar-refractivity contribution in [3.8, 4) is 11.5 Å². The second-order valence-corrected chi connectivity index (χ2v) is 11.2. The van der Waals surface area contributed by atoms with E-state index in [-0.39, 0.29) is 21.4 Å². The van der Waals surface area contributed by atoms with Crippen molar-refractivity contribution in [2.24, 2.45) is 5.10 Å². The van der Waals surface area contributed by atoms with Crippen LogP contribution in [0.4, 0.5) is 5.69 Å². The van der Waals surface area contributed by atoms with Gasteiger partial charge >= 0.3 is 0 Å². The van der Waals surface area contributed by atoms with Crippen LogP contribution in [0, 0.1) is 0 Å². The molecule has 0 aromatic heterocycles. The van der Waals surface area contributed by atoms with Gasteiger partial charge in [0.05, 0.1) is 23.9 Å². The minimum Gasteiger partial charge on any atom is -0.495 e. The fourth-order valence-corrected chi connectivity index (χ4v) is 5.49. The number of amides is 1. The van der Waals surface area contributed by atoms with Crippen molar-refractivity contribution >= 4 is 51.0 Å². The number of benzene rings is 4. The van der Waals surface area contributed by atoms with Gasteiger partial charge in [0.25, 0.3) is 15.9 Å². The van der Waals surface area contributed by atoms with Crippen molar-refractivity contribution in [2.75, 3.05) is 18.0 Å². The van der Waals surface area contributed by atoms with Gasteiger partial charge in [-0.25, -0.2) is 13.8 Å². The number of halogens is 2. The van der Waals surface area contributed by atoms with E-state index >= 15 is 0 Å². The summed E-state index contributed by atoms with van der Waals surface area (Å²) in [6.07, 6.45) is 1.44. The Kier molecular flexibility index (Phi) is 9.65. The lowest BCUT2D eigenvalue weighted by Crippen LogP contribution is -2.39. The van der Waals surface area contributed by atoms with Gasteiger partial charge in [-0.2, -0.15) is 5.10 Å². The Morgan fingerprint density at radius 3 is 2.35 bits per heavy atom. The molecule has 0 radical (unpaired) electrons. The highest BCUT2D eigenvalue weighted by Crippen LogP contribution is 2.34. The largest absolute Gasteiger partial charge is 0.495 e. The van der Waals surface area contributed by atoms with E-state index in [1.807, 2.05) is 18.2 Å². The highest BCUT2D eigenvalue weighted by Gasteiger charge is 2.29. The Hall–Kier alpha value is -4.05. The average molecular weight is 599 g/mol. The van der Waals surface area contributed by atoms with Crippen LogP contribution in [0.2, 0.25) is 10.0 Å². The van der Waals surface area contributed by atoms with E-state index in [4.69, 9.17) is 32.7 Å². The van der Waals surface area contributed by atoms with Crippen LogP contribution < -0.4 is 19.2 Å². The number of ether oxygens (including phenoxy) is 2. The van der Waals surface area contributed by atoms with Gasteiger partial charge in [0, 0.05) is 10.0 Å². The molecule has 4 rings (SSSR count). The van der Waals surface area contributed by atoms with E-state index in [1.54, 1.807) is 54.6 Å². The summed E-state index contributed by atoms with van der Waals surface area (Å²) < 4.78 is 39.1. The molecule has 0 saturated heterocycles. The van der Waals surface area contributed by atoms with Crippen LogP contribution in [-0.4, -0.2) is 34.2 Å². The van der Waals surface area contributed by atoms with E-state index in [0.29, 0.717) is 22.9 Å². The summed E-state index contributed by atoms with van der Waals surface area (Å²) in [4.78, 5) is 12.8. The van der Waals surface area contributed by atoms with Crippen LogP contribution in [0.5, 0.6) is 11.5 Å². The molecule has 0 saturated carbocycles. The number of nitrogens with one attached hydrogen (secondary N) is 1. The Morgan fingerprint density at radius 1 is 0.925 bits per heavy atom. The topological polar surface area (TPSA) is 97.3 Å². The second kappa shape index (κ2) is 13.3. The molecule has 0 spiro atoms. The smallest absolute Gasteiger partial charge is 0.264 e. The Morgan fingerprint density at radius 2 is 1.65 bits per heavy atom. The maximum Gasteiger partial charge on any atom is 0.264 e. The number of carbonyl (C=O) groups is 1. The number of carbonyl (C=O) groups excluding carboxylic acids is 1. The lowest BCUT2D eigenvalue weighted by molar-refractivity contribution is -0.119. The summed E-state index contributed by atoms with van der Waals surface area (Å²) in [6, 6.07) is 26.8. The SMILES string of the molecule is COc1ccc(Cl)cc1N(CC(=O)N/N=C/c1ccc(OCc2cccc(Cl)c2)cc1)S(=O)(=O)c1ccccc1. The summed E-state index contributed by atoms with van der Waals surface area (Å²) >= 11 is 12.2. The van der Waals surface area contributed by atoms with Crippen molar-refractivity contribution in [1.29, 1.82) is 0 Å². The van der Waals surface area contributed by atoms with E-state index in [2.05, 4.69) is 10.5 Å². The number of sulfonamides is 1. The third kappa shape index (κ3) is 7.53. The van der Waals surface area contributed by atoms with Gasteiger partial charge < -0.3 is 9.47 Å². The molecule has 1 amide bonds. The van der Waals surface area contributed by atoms with Crippen molar-refractivity contribution < 1.29 is 22.7 Å². The van der Waals surface area contributed by atoms with Crippen molar-refractivity contribution in [1.82, 2.24) is 5.43 Å². The second-order valence-electron chi connectivity index (χ2n) is 8.42. The fraction of sp³-hybridized carbons (Fsp3) is 0.103. The molecule has 0 aliphatic carbocycles. The van der Waals surface area contributed by atoms with Gasteiger partial charge in [-0.3, -0.25) is 9.10 Å². The molecule has 4 aromatic rings. The standard InChI is InChI=1S/C29H25Cl2N3O5S/c1-38-28-15-12-24(31)17-27(28)34(40(36,37)26-8-3-2-4-9-26)19-29(35)33-32-18-21-10-13-25(14-11-21)39-20-22-6-5-7-23(30)16-22/h2-18H,19-20H2,1H3,(H,33,35)/b32-18+. The first-order chi connectivity index (χ1) is 19.3. The summed E-state index contributed by atoms with van der Waals surface area (Å²) in [6.45, 7) is -0.203. The van der Waals surface area contributed by atoms with E-state index in [1.165, 1.54) is 37.6 Å². The van der Waals surface area contributed by atoms with Crippen LogP contribution in [0.15, 0.2) is 107 Å². The normalized spacial score (nSPS) is 11.3. The zero-order valence-electron chi connectivity index (χ0n) is 21.3. The maximum atomic E-state index is 13.5. The predicted molar refractivity (Wildman–Crippen MR) is 157 cm³/mol. The lowest BCUT2D eigenvalue weighted by atomic mass is 10.2. The molecular formula is C29H25Cl2N3O5S. The molecule has 8 nitrogen and oxygen atoms in total. The zero-order chi connectivity index (χ0) is 28.5. The van der Waals surface area contributed by atoms with Gasteiger partial charge in [-0.05, 0) is 77.9 Å². The summed E-state index contributed by atoms with van der Waals surface area (Å²) in [5, 5.41) is 4.90. The third-order valence-corrected chi connectivity index (χ3v) is 7.85. The molecule has 11 heteroatoms. The number of hydrogen-bond acceptors (Lipinski definition) is 6. The zero-order valence-corrected chi connectivity index (χ0v) is 23.7.